The fourth-order valence-electron chi connectivity index (χ4n) is 8.45. The molecule has 5 aliphatic rings. The Morgan fingerprint density at radius 2 is 1.56 bits per heavy atom. The van der Waals surface area contributed by atoms with Crippen molar-refractivity contribution in [2.45, 2.75) is 37.5 Å². The molecule has 0 radical (unpaired) electrons. The number of hydrogen-bond donors (Lipinski definition) is 0. The summed E-state index contributed by atoms with van der Waals surface area (Å²) in [6.45, 7) is 7.87. The van der Waals surface area contributed by atoms with Crippen LogP contribution in [0.5, 0.6) is 0 Å². The zero-order valence-corrected chi connectivity index (χ0v) is 30.0. The van der Waals surface area contributed by atoms with Crippen molar-refractivity contribution in [3.8, 4) is 22.5 Å². The van der Waals surface area contributed by atoms with E-state index in [1.165, 1.54) is 26.8 Å². The number of sulfonamides is 1. The lowest BCUT2D eigenvalue weighted by molar-refractivity contribution is -0.120. The van der Waals surface area contributed by atoms with Crippen molar-refractivity contribution in [3.05, 3.63) is 138 Å². The van der Waals surface area contributed by atoms with Crippen molar-refractivity contribution in [2.24, 2.45) is 5.92 Å². The summed E-state index contributed by atoms with van der Waals surface area (Å²) in [6.07, 6.45) is 2.90. The van der Waals surface area contributed by atoms with Crippen LogP contribution in [-0.2, 0) is 27.7 Å². The number of Topliss-reactive ketones (excluding diaryl/α,β-unsaturated/α-hetero) is 1. The Hall–Kier alpha value is -5.31. The van der Waals surface area contributed by atoms with Crippen molar-refractivity contribution in [3.63, 3.8) is 0 Å². The van der Waals surface area contributed by atoms with Gasteiger partial charge in [-0.25, -0.2) is 8.42 Å². The summed E-state index contributed by atoms with van der Waals surface area (Å²) >= 11 is 0. The first-order valence-corrected chi connectivity index (χ1v) is 19.6. The van der Waals surface area contributed by atoms with Gasteiger partial charge >= 0.3 is 0 Å². The number of anilines is 2. The van der Waals surface area contributed by atoms with Gasteiger partial charge in [-0.05, 0) is 67.7 Å². The number of rotatable bonds is 6. The molecule has 0 unspecified atom stereocenters. The summed E-state index contributed by atoms with van der Waals surface area (Å²) in [4.78, 5) is 15.2. The maximum absolute atomic E-state index is 14.5. The van der Waals surface area contributed by atoms with Gasteiger partial charge in [-0.15, -0.1) is 0 Å². The fraction of sp³-hybridized carbons (Fsp3) is 0.227. The second-order valence-corrected chi connectivity index (χ2v) is 16.1. The molecular weight excluding hydrogens is 667 g/mol. The van der Waals surface area contributed by atoms with Crippen LogP contribution >= 0.6 is 0 Å². The number of benzene rings is 5. The van der Waals surface area contributed by atoms with E-state index in [2.05, 4.69) is 101 Å². The molecule has 1 aliphatic carbocycles. The number of allylic oxidation sites excluding steroid dienone is 1. The third-order valence-corrected chi connectivity index (χ3v) is 13.1. The smallest absolute Gasteiger partial charge is 0.243 e. The molecule has 0 amide bonds. The predicted octanol–water partition coefficient (Wildman–Crippen LogP) is 8.10. The molecule has 0 atom stereocenters. The third-order valence-electron chi connectivity index (χ3n) is 11.1. The number of nitrogens with zero attached hydrogens (tertiary/aromatic N) is 3. The SMILES string of the molecule is C=C(C)C(=O)C1CCN(S(=O)(=O)c2ccccc2-c2c3ccc(=[N+]4CCc5ccccc54)cc-3oc3cc(N4CCc5ccccc54)ccc23)CC1. The summed E-state index contributed by atoms with van der Waals surface area (Å²) in [6, 6.07) is 36.9. The topological polar surface area (TPSA) is 73.8 Å². The number of piperidine rings is 1. The first kappa shape index (κ1) is 32.6. The van der Waals surface area contributed by atoms with E-state index < -0.39 is 10.0 Å². The Balaban J connectivity index is 1.22. The highest BCUT2D eigenvalue weighted by atomic mass is 32.2. The van der Waals surface area contributed by atoms with Crippen molar-refractivity contribution in [1.82, 2.24) is 8.88 Å². The van der Waals surface area contributed by atoms with Gasteiger partial charge < -0.3 is 9.32 Å². The number of hydrogen-bond acceptors (Lipinski definition) is 5. The van der Waals surface area contributed by atoms with Crippen LogP contribution in [0.15, 0.2) is 131 Å². The fourth-order valence-corrected chi connectivity index (χ4v) is 10.1. The number of fused-ring (bicyclic) bond motifs is 4. The minimum absolute atomic E-state index is 0.0250. The molecule has 8 heteroatoms. The van der Waals surface area contributed by atoms with E-state index in [9.17, 15) is 13.2 Å². The van der Waals surface area contributed by atoms with E-state index in [0.29, 0.717) is 35.3 Å². The van der Waals surface area contributed by atoms with E-state index >= 15 is 0 Å². The highest BCUT2D eigenvalue weighted by Gasteiger charge is 2.35. The molecule has 0 aromatic heterocycles. The summed E-state index contributed by atoms with van der Waals surface area (Å²) < 4.78 is 39.8. The Morgan fingerprint density at radius 1 is 0.808 bits per heavy atom. The van der Waals surface area contributed by atoms with Crippen LogP contribution in [0.3, 0.4) is 0 Å². The van der Waals surface area contributed by atoms with Gasteiger partial charge in [-0.3, -0.25) is 4.79 Å². The van der Waals surface area contributed by atoms with Gasteiger partial charge in [0.1, 0.15) is 11.3 Å². The molecule has 9 rings (SSSR count). The molecule has 4 aliphatic heterocycles. The lowest BCUT2D eigenvalue weighted by Gasteiger charge is -2.31. The number of carbonyl (C=O) groups is 1. The van der Waals surface area contributed by atoms with Gasteiger partial charge in [-0.2, -0.15) is 8.88 Å². The lowest BCUT2D eigenvalue weighted by Crippen LogP contribution is -2.40. The molecule has 1 fully saturated rings. The summed E-state index contributed by atoms with van der Waals surface area (Å²) in [5.41, 5.74) is 9.58. The molecule has 0 N–H and O–H groups in total. The molecule has 7 nitrogen and oxygen atoms in total. The first-order chi connectivity index (χ1) is 25.3. The molecule has 4 aromatic carbocycles. The van der Waals surface area contributed by atoms with E-state index in [-0.39, 0.29) is 29.7 Å². The quantitative estimate of drug-likeness (QED) is 0.0995. The van der Waals surface area contributed by atoms with Gasteiger partial charge in [0.2, 0.25) is 21.1 Å². The molecule has 1 saturated heterocycles. The number of para-hydroxylation sites is 2. The van der Waals surface area contributed by atoms with Crippen molar-refractivity contribution < 1.29 is 17.6 Å². The molecule has 260 valence electrons. The largest absolute Gasteiger partial charge is 0.456 e. The molecule has 0 spiro atoms. The van der Waals surface area contributed by atoms with Crippen molar-refractivity contribution in [1.29, 1.82) is 0 Å². The zero-order valence-electron chi connectivity index (χ0n) is 29.2. The zero-order chi connectivity index (χ0) is 35.6. The average molecular weight is 707 g/mol. The normalized spacial score (nSPS) is 17.4. The van der Waals surface area contributed by atoms with Crippen molar-refractivity contribution >= 4 is 43.8 Å². The van der Waals surface area contributed by atoms with Crippen LogP contribution in [0, 0.1) is 5.92 Å². The Bertz CT molecular complexity index is 2580. The van der Waals surface area contributed by atoms with Crippen LogP contribution in [0.25, 0.3) is 33.4 Å². The first-order valence-electron chi connectivity index (χ1n) is 18.1. The van der Waals surface area contributed by atoms with E-state index in [1.54, 1.807) is 19.1 Å². The molecule has 0 bridgehead atoms. The highest BCUT2D eigenvalue weighted by molar-refractivity contribution is 7.89. The van der Waals surface area contributed by atoms with Gasteiger partial charge in [-0.1, -0.05) is 61.2 Å². The maximum atomic E-state index is 14.5. The molecule has 4 aromatic rings. The second-order valence-electron chi connectivity index (χ2n) is 14.2. The van der Waals surface area contributed by atoms with Crippen LogP contribution < -0.4 is 14.8 Å². The molecule has 0 saturated carbocycles. The summed E-state index contributed by atoms with van der Waals surface area (Å²) in [5.74, 6) is 0.517. The molecule has 4 heterocycles. The lowest BCUT2D eigenvalue weighted by atomic mass is 9.90. The summed E-state index contributed by atoms with van der Waals surface area (Å²) in [7, 11) is -3.90. The van der Waals surface area contributed by atoms with Gasteiger partial charge in [0.25, 0.3) is 0 Å². The van der Waals surface area contributed by atoms with Gasteiger partial charge in [0.15, 0.2) is 12.3 Å². The van der Waals surface area contributed by atoms with E-state index in [4.69, 9.17) is 4.42 Å². The Labute approximate surface area is 304 Å². The van der Waals surface area contributed by atoms with Gasteiger partial charge in [0.05, 0.1) is 11.0 Å². The van der Waals surface area contributed by atoms with Crippen molar-refractivity contribution in [2.75, 3.05) is 31.1 Å². The van der Waals surface area contributed by atoms with E-state index in [0.717, 1.165) is 53.5 Å². The van der Waals surface area contributed by atoms with Crippen LogP contribution in [0.1, 0.15) is 30.9 Å². The van der Waals surface area contributed by atoms with Gasteiger partial charge in [0, 0.05) is 89.2 Å². The number of ketones is 1. The third kappa shape index (κ3) is 5.40. The van der Waals surface area contributed by atoms with Crippen LogP contribution in [0.4, 0.5) is 17.1 Å². The highest BCUT2D eigenvalue weighted by Crippen LogP contribution is 2.45. The Morgan fingerprint density at radius 3 is 2.38 bits per heavy atom. The molecule has 52 heavy (non-hydrogen) atoms. The standard InChI is InChI=1S/C44H40N3O4S/c1-29(2)44(48)32-19-23-45(24-20-32)52(49,50)42-14-8-5-11-37(42)43-35-17-15-33(46-25-21-30-9-3-6-12-38(30)46)27-40(35)51-41-28-34(16-18-36(41)43)47-26-22-31-10-4-7-13-39(31)47/h3-18,27-28,32H,1,19-26H2,2H3/q+1. The minimum Gasteiger partial charge on any atom is -0.456 e. The predicted molar refractivity (Wildman–Crippen MR) is 207 cm³/mol. The Kier molecular flexibility index (Phi) is 7.97. The van der Waals surface area contributed by atoms with E-state index in [1.807, 2.05) is 12.1 Å². The average Bonchev–Trinajstić information content (AvgIpc) is 3.81. The van der Waals surface area contributed by atoms with Crippen LogP contribution in [-0.4, -0.2) is 44.7 Å². The summed E-state index contributed by atoms with van der Waals surface area (Å²) in [5, 5.41) is 1.88. The minimum atomic E-state index is -3.90. The monoisotopic (exact) mass is 706 g/mol. The molecular formula is C44H40N3O4S+. The second kappa shape index (κ2) is 12.7. The maximum Gasteiger partial charge on any atom is 0.243 e. The van der Waals surface area contributed by atoms with Crippen LogP contribution in [0.2, 0.25) is 0 Å². The number of carbonyl (C=O) groups excluding carboxylic acids is 1.